The Hall–Kier alpha value is -2.86. The number of ether oxygens (including phenoxy) is 1. The molecule has 5 nitrogen and oxygen atoms in total. The molecule has 0 radical (unpaired) electrons. The van der Waals surface area contributed by atoms with Crippen molar-refractivity contribution in [3.63, 3.8) is 0 Å². The first-order chi connectivity index (χ1) is 11.7. The largest absolute Gasteiger partial charge is 0.418 e. The molecule has 2 heterocycles. The fourth-order valence-corrected chi connectivity index (χ4v) is 2.29. The number of hydrogen-bond donors (Lipinski definition) is 2. The van der Waals surface area contributed by atoms with Gasteiger partial charge in [0.05, 0.1) is 6.20 Å². The Balaban J connectivity index is 1.64. The van der Waals surface area contributed by atoms with E-state index in [1.807, 2.05) is 36.4 Å². The lowest BCUT2D eigenvalue weighted by Gasteiger charge is -2.07. The smallest absolute Gasteiger partial charge is 0.408 e. The van der Waals surface area contributed by atoms with Gasteiger partial charge in [0, 0.05) is 23.7 Å². The number of nitrogens with zero attached hydrogens (tertiary/aromatic N) is 2. The van der Waals surface area contributed by atoms with Gasteiger partial charge in [-0.05, 0) is 29.3 Å². The number of hydrogen-bond acceptors (Lipinski definition) is 5. The highest BCUT2D eigenvalue weighted by molar-refractivity contribution is 7.79. The van der Waals surface area contributed by atoms with Gasteiger partial charge in [0.25, 0.3) is 0 Å². The van der Waals surface area contributed by atoms with Gasteiger partial charge in [-0.25, -0.2) is 9.78 Å². The molecule has 0 spiro atoms. The zero-order valence-corrected chi connectivity index (χ0v) is 13.6. The first-order valence-corrected chi connectivity index (χ1v) is 7.93. The van der Waals surface area contributed by atoms with E-state index in [0.717, 1.165) is 16.7 Å². The molecule has 3 aromatic rings. The third-order valence-corrected chi connectivity index (χ3v) is 3.63. The van der Waals surface area contributed by atoms with E-state index in [1.165, 1.54) is 6.20 Å². The molecule has 2 aromatic heterocycles. The Kier molecular flexibility index (Phi) is 5.08. The highest BCUT2D eigenvalue weighted by atomic mass is 32.1. The van der Waals surface area contributed by atoms with Crippen molar-refractivity contribution in [1.82, 2.24) is 9.97 Å². The number of aromatic nitrogens is 2. The topological polar surface area (TPSA) is 64.1 Å². The van der Waals surface area contributed by atoms with E-state index in [1.54, 1.807) is 24.5 Å². The number of nitrogens with one attached hydrogen (secondary N) is 1. The van der Waals surface area contributed by atoms with Crippen LogP contribution in [0, 0.1) is 0 Å². The lowest BCUT2D eigenvalue weighted by atomic mass is 10.1. The molecular formula is C18H15N3O2S. The number of carbonyl (C=O) groups is 1. The van der Waals surface area contributed by atoms with Gasteiger partial charge < -0.3 is 4.74 Å². The van der Waals surface area contributed by atoms with E-state index < -0.39 is 6.09 Å². The monoisotopic (exact) mass is 337 g/mol. The Labute approximate surface area is 145 Å². The van der Waals surface area contributed by atoms with Crippen LogP contribution in [0.4, 0.5) is 10.6 Å². The Morgan fingerprint density at radius 1 is 1.04 bits per heavy atom. The summed E-state index contributed by atoms with van der Waals surface area (Å²) in [5.74, 6) is 1.30. The maximum absolute atomic E-state index is 11.9. The zero-order chi connectivity index (χ0) is 16.8. The molecule has 3 rings (SSSR count). The van der Waals surface area contributed by atoms with Crippen molar-refractivity contribution in [2.75, 3.05) is 5.32 Å². The maximum atomic E-state index is 11.9. The summed E-state index contributed by atoms with van der Waals surface area (Å²) in [7, 11) is 0. The first kappa shape index (κ1) is 16.0. The van der Waals surface area contributed by atoms with Gasteiger partial charge in [-0.15, -0.1) is 0 Å². The second-order valence-electron chi connectivity index (χ2n) is 5.00. The van der Waals surface area contributed by atoms with Crippen LogP contribution in [-0.4, -0.2) is 16.1 Å². The summed E-state index contributed by atoms with van der Waals surface area (Å²) in [6.45, 7) is 0. The number of carbonyl (C=O) groups excluding carboxylic acids is 1. The molecule has 0 saturated carbocycles. The van der Waals surface area contributed by atoms with Crippen LogP contribution in [0.3, 0.4) is 0 Å². The lowest BCUT2D eigenvalue weighted by molar-refractivity contribution is 0.215. The molecule has 0 atom stereocenters. The minimum atomic E-state index is -0.618. The predicted molar refractivity (Wildman–Crippen MR) is 96.2 cm³/mol. The normalized spacial score (nSPS) is 10.2. The van der Waals surface area contributed by atoms with Gasteiger partial charge in [0.2, 0.25) is 0 Å². The number of anilines is 1. The Morgan fingerprint density at radius 3 is 2.58 bits per heavy atom. The minimum absolute atomic E-state index is 0.361. The highest BCUT2D eigenvalue weighted by Crippen LogP contribution is 2.19. The Bertz CT molecular complexity index is 823. The molecule has 24 heavy (non-hydrogen) atoms. The molecule has 0 fully saturated rings. The van der Waals surface area contributed by atoms with E-state index in [9.17, 15) is 4.79 Å². The molecule has 0 bridgehead atoms. The van der Waals surface area contributed by atoms with Crippen molar-refractivity contribution < 1.29 is 9.53 Å². The van der Waals surface area contributed by atoms with E-state index in [4.69, 9.17) is 4.74 Å². The van der Waals surface area contributed by atoms with Crippen LogP contribution in [0.2, 0.25) is 0 Å². The van der Waals surface area contributed by atoms with Crippen molar-refractivity contribution in [3.8, 4) is 16.9 Å². The average Bonchev–Trinajstić information content (AvgIpc) is 2.63. The standard InChI is InChI=1S/C18H15N3O2S/c22-18(23-16-8-13(12-24)9-19-11-16)21-17-7-6-15(10-20-17)14-4-2-1-3-5-14/h1-11,24H,12H2,(H,20,21,22). The van der Waals surface area contributed by atoms with Crippen molar-refractivity contribution >= 4 is 24.5 Å². The quantitative estimate of drug-likeness (QED) is 0.701. The van der Waals surface area contributed by atoms with Gasteiger partial charge in [-0.1, -0.05) is 30.3 Å². The molecular weight excluding hydrogens is 322 g/mol. The average molecular weight is 337 g/mol. The van der Waals surface area contributed by atoms with Crippen LogP contribution in [0.25, 0.3) is 11.1 Å². The molecule has 1 aromatic carbocycles. The summed E-state index contributed by atoms with van der Waals surface area (Å²) in [5, 5.41) is 2.59. The second kappa shape index (κ2) is 7.61. The molecule has 0 saturated heterocycles. The molecule has 0 aliphatic carbocycles. The predicted octanol–water partition coefficient (Wildman–Crippen LogP) is 4.18. The number of benzene rings is 1. The van der Waals surface area contributed by atoms with Crippen molar-refractivity contribution in [2.24, 2.45) is 0 Å². The number of amides is 1. The molecule has 1 N–H and O–H groups in total. The second-order valence-corrected chi connectivity index (χ2v) is 5.32. The number of thiol groups is 1. The molecule has 1 amide bonds. The van der Waals surface area contributed by atoms with Crippen LogP contribution in [0.5, 0.6) is 5.75 Å². The van der Waals surface area contributed by atoms with Crippen LogP contribution < -0.4 is 10.1 Å². The lowest BCUT2D eigenvalue weighted by Crippen LogP contribution is -2.17. The summed E-state index contributed by atoms with van der Waals surface area (Å²) in [4.78, 5) is 20.1. The van der Waals surface area contributed by atoms with Crippen molar-refractivity contribution in [3.05, 3.63) is 72.7 Å². The fourth-order valence-electron chi connectivity index (χ4n) is 2.11. The zero-order valence-electron chi connectivity index (χ0n) is 12.7. The molecule has 0 aliphatic rings. The summed E-state index contributed by atoms with van der Waals surface area (Å²) in [6.07, 6.45) is 4.22. The molecule has 0 unspecified atom stereocenters. The summed E-state index contributed by atoms with van der Waals surface area (Å²) in [6, 6.07) is 15.2. The van der Waals surface area contributed by atoms with E-state index in [0.29, 0.717) is 17.3 Å². The fraction of sp³-hybridized carbons (Fsp3) is 0.0556. The first-order valence-electron chi connectivity index (χ1n) is 7.30. The van der Waals surface area contributed by atoms with Crippen molar-refractivity contribution in [2.45, 2.75) is 5.75 Å². The third kappa shape index (κ3) is 4.11. The van der Waals surface area contributed by atoms with Gasteiger partial charge >= 0.3 is 6.09 Å². The van der Waals surface area contributed by atoms with Crippen LogP contribution in [0.1, 0.15) is 5.56 Å². The molecule has 6 heteroatoms. The SMILES string of the molecule is O=C(Nc1ccc(-c2ccccc2)cn1)Oc1cncc(CS)c1. The third-order valence-electron chi connectivity index (χ3n) is 3.26. The van der Waals surface area contributed by atoms with E-state index in [-0.39, 0.29) is 0 Å². The van der Waals surface area contributed by atoms with Gasteiger partial charge in [0.15, 0.2) is 5.75 Å². The minimum Gasteiger partial charge on any atom is -0.408 e. The highest BCUT2D eigenvalue weighted by Gasteiger charge is 2.07. The molecule has 120 valence electrons. The maximum Gasteiger partial charge on any atom is 0.418 e. The van der Waals surface area contributed by atoms with E-state index in [2.05, 4.69) is 27.9 Å². The van der Waals surface area contributed by atoms with Crippen LogP contribution in [0.15, 0.2) is 67.1 Å². The van der Waals surface area contributed by atoms with E-state index >= 15 is 0 Å². The summed E-state index contributed by atoms with van der Waals surface area (Å²) in [5.41, 5.74) is 2.91. The number of rotatable bonds is 4. The van der Waals surface area contributed by atoms with Gasteiger partial charge in [0.1, 0.15) is 5.82 Å². The van der Waals surface area contributed by atoms with Crippen molar-refractivity contribution in [1.29, 1.82) is 0 Å². The van der Waals surface area contributed by atoms with Crippen LogP contribution in [-0.2, 0) is 5.75 Å². The summed E-state index contributed by atoms with van der Waals surface area (Å²) >= 11 is 4.16. The summed E-state index contributed by atoms with van der Waals surface area (Å²) < 4.78 is 5.19. The Morgan fingerprint density at radius 2 is 1.88 bits per heavy atom. The van der Waals surface area contributed by atoms with Gasteiger partial charge in [-0.3, -0.25) is 10.3 Å². The molecule has 0 aliphatic heterocycles. The van der Waals surface area contributed by atoms with Crippen LogP contribution >= 0.6 is 12.6 Å². The van der Waals surface area contributed by atoms with Gasteiger partial charge in [-0.2, -0.15) is 12.6 Å². The number of pyridine rings is 2.